The van der Waals surface area contributed by atoms with E-state index in [9.17, 15) is 13.2 Å². The van der Waals surface area contributed by atoms with Crippen molar-refractivity contribution in [3.05, 3.63) is 64.3 Å². The summed E-state index contributed by atoms with van der Waals surface area (Å²) >= 11 is 5.87. The highest BCUT2D eigenvalue weighted by atomic mass is 35.5. The van der Waals surface area contributed by atoms with Gasteiger partial charge in [-0.05, 0) is 36.6 Å². The SMILES string of the molecule is FC(F)(F)c1cc(C2CC2)nc2cc(-c3nnc(Cc4ccc(Cl)cc4)o3)nn12. The Labute approximate surface area is 167 Å². The van der Waals surface area contributed by atoms with Crippen LogP contribution in [0.1, 0.15) is 41.6 Å². The normalized spacial score (nSPS) is 14.6. The fourth-order valence-electron chi connectivity index (χ4n) is 3.09. The number of hydrogen-bond acceptors (Lipinski definition) is 5. The maximum absolute atomic E-state index is 13.5. The Hall–Kier alpha value is -2.94. The highest BCUT2D eigenvalue weighted by Gasteiger charge is 2.37. The maximum atomic E-state index is 13.5. The maximum Gasteiger partial charge on any atom is 0.433 e. The molecule has 0 atom stereocenters. The van der Waals surface area contributed by atoms with Gasteiger partial charge in [-0.25, -0.2) is 9.50 Å². The zero-order valence-electron chi connectivity index (χ0n) is 14.8. The van der Waals surface area contributed by atoms with E-state index in [1.54, 1.807) is 12.1 Å². The Kier molecular flexibility index (Phi) is 4.09. The van der Waals surface area contributed by atoms with Gasteiger partial charge in [0.1, 0.15) is 5.69 Å². The van der Waals surface area contributed by atoms with Gasteiger partial charge in [-0.2, -0.15) is 18.3 Å². The molecule has 0 aliphatic heterocycles. The Balaban J connectivity index is 1.50. The van der Waals surface area contributed by atoms with Crippen LogP contribution in [0.3, 0.4) is 0 Å². The van der Waals surface area contributed by atoms with Crippen molar-refractivity contribution in [2.75, 3.05) is 0 Å². The van der Waals surface area contributed by atoms with Crippen LogP contribution in [0.5, 0.6) is 0 Å². The molecule has 0 bridgehead atoms. The van der Waals surface area contributed by atoms with E-state index in [2.05, 4.69) is 20.3 Å². The van der Waals surface area contributed by atoms with Gasteiger partial charge < -0.3 is 4.42 Å². The Bertz CT molecular complexity index is 1190. The highest BCUT2D eigenvalue weighted by molar-refractivity contribution is 6.30. The van der Waals surface area contributed by atoms with E-state index in [4.69, 9.17) is 16.0 Å². The van der Waals surface area contributed by atoms with Crippen LogP contribution >= 0.6 is 11.6 Å². The fourth-order valence-corrected chi connectivity index (χ4v) is 3.22. The molecule has 29 heavy (non-hydrogen) atoms. The van der Waals surface area contributed by atoms with Crippen molar-refractivity contribution in [2.24, 2.45) is 0 Å². The zero-order chi connectivity index (χ0) is 20.2. The van der Waals surface area contributed by atoms with Crippen LogP contribution in [0.15, 0.2) is 40.8 Å². The number of fused-ring (bicyclic) bond motifs is 1. The number of alkyl halides is 3. The second-order valence-corrected chi connectivity index (χ2v) is 7.38. The summed E-state index contributed by atoms with van der Waals surface area (Å²) in [4.78, 5) is 4.34. The van der Waals surface area contributed by atoms with Gasteiger partial charge in [-0.1, -0.05) is 23.7 Å². The van der Waals surface area contributed by atoms with Crippen molar-refractivity contribution in [2.45, 2.75) is 31.4 Å². The first kappa shape index (κ1) is 18.1. The lowest BCUT2D eigenvalue weighted by atomic mass is 10.1. The molecule has 1 saturated carbocycles. The van der Waals surface area contributed by atoms with Crippen molar-refractivity contribution < 1.29 is 17.6 Å². The summed E-state index contributed by atoms with van der Waals surface area (Å²) in [5.41, 5.74) is 0.733. The monoisotopic (exact) mass is 419 g/mol. The van der Waals surface area contributed by atoms with E-state index >= 15 is 0 Å². The third-order valence-electron chi connectivity index (χ3n) is 4.69. The molecular formula is C19H13ClF3N5O. The van der Waals surface area contributed by atoms with Crippen molar-refractivity contribution >= 4 is 17.2 Å². The van der Waals surface area contributed by atoms with Crippen LogP contribution in [-0.4, -0.2) is 24.8 Å². The second-order valence-electron chi connectivity index (χ2n) is 6.94. The Morgan fingerprint density at radius 1 is 1.10 bits per heavy atom. The minimum Gasteiger partial charge on any atom is -0.419 e. The molecule has 1 aliphatic rings. The van der Waals surface area contributed by atoms with Gasteiger partial charge in [0.05, 0.1) is 6.42 Å². The number of aromatic nitrogens is 5. The fraction of sp³-hybridized carbons (Fsp3) is 0.263. The van der Waals surface area contributed by atoms with Crippen molar-refractivity contribution in [1.29, 1.82) is 0 Å². The standard InChI is InChI=1S/C19H13ClF3N5O/c20-12-5-1-10(2-6-12)7-17-25-26-18(29-17)14-9-16-24-13(11-3-4-11)8-15(19(21,22)23)28(16)27-14/h1-2,5-6,8-9,11H,3-4,7H2. The molecule has 6 nitrogen and oxygen atoms in total. The number of benzene rings is 1. The molecule has 0 amide bonds. The second kappa shape index (κ2) is 6.55. The highest BCUT2D eigenvalue weighted by Crippen LogP contribution is 2.41. The predicted octanol–water partition coefficient (Wildman–Crippen LogP) is 4.92. The first-order valence-corrected chi connectivity index (χ1v) is 9.30. The molecule has 1 fully saturated rings. The molecule has 1 aromatic carbocycles. The van der Waals surface area contributed by atoms with Crippen molar-refractivity contribution in [3.63, 3.8) is 0 Å². The number of halogens is 4. The third-order valence-corrected chi connectivity index (χ3v) is 4.94. The third kappa shape index (κ3) is 3.57. The molecule has 4 aromatic rings. The molecule has 5 rings (SSSR count). The topological polar surface area (TPSA) is 69.1 Å². The van der Waals surface area contributed by atoms with Crippen LogP contribution in [-0.2, 0) is 12.6 Å². The van der Waals surface area contributed by atoms with Crippen LogP contribution < -0.4 is 0 Å². The molecule has 3 heterocycles. The molecule has 0 saturated heterocycles. The van der Waals surface area contributed by atoms with E-state index in [0.29, 0.717) is 23.0 Å². The summed E-state index contributed by atoms with van der Waals surface area (Å²) in [6.45, 7) is 0. The molecule has 0 radical (unpaired) electrons. The predicted molar refractivity (Wildman–Crippen MR) is 97.5 cm³/mol. The largest absolute Gasteiger partial charge is 0.433 e. The summed E-state index contributed by atoms with van der Waals surface area (Å²) in [7, 11) is 0. The summed E-state index contributed by atoms with van der Waals surface area (Å²) in [5.74, 6) is 0.441. The van der Waals surface area contributed by atoms with Crippen molar-refractivity contribution in [3.8, 4) is 11.6 Å². The van der Waals surface area contributed by atoms with Gasteiger partial charge in [0.25, 0.3) is 5.89 Å². The summed E-state index contributed by atoms with van der Waals surface area (Å²) in [6, 6.07) is 9.66. The molecule has 10 heteroatoms. The van der Waals surface area contributed by atoms with Crippen LogP contribution in [0.25, 0.3) is 17.2 Å². The molecule has 3 aromatic heterocycles. The number of nitrogens with zero attached hydrogens (tertiary/aromatic N) is 5. The van der Waals surface area contributed by atoms with E-state index in [0.717, 1.165) is 29.0 Å². The first-order chi connectivity index (χ1) is 13.9. The molecular weight excluding hydrogens is 407 g/mol. The van der Waals surface area contributed by atoms with E-state index in [1.165, 1.54) is 6.07 Å². The van der Waals surface area contributed by atoms with Gasteiger partial charge in [0.15, 0.2) is 11.3 Å². The van der Waals surface area contributed by atoms with Gasteiger partial charge >= 0.3 is 6.18 Å². The van der Waals surface area contributed by atoms with E-state index in [-0.39, 0.29) is 23.1 Å². The minimum absolute atomic E-state index is 0.0422. The zero-order valence-corrected chi connectivity index (χ0v) is 15.6. The quantitative estimate of drug-likeness (QED) is 0.469. The minimum atomic E-state index is -4.55. The van der Waals surface area contributed by atoms with Crippen LogP contribution in [0, 0.1) is 0 Å². The lowest BCUT2D eigenvalue weighted by Gasteiger charge is -2.10. The van der Waals surface area contributed by atoms with Gasteiger partial charge in [0.2, 0.25) is 5.89 Å². The summed E-state index contributed by atoms with van der Waals surface area (Å²) < 4.78 is 46.9. The lowest BCUT2D eigenvalue weighted by molar-refractivity contribution is -0.142. The molecule has 1 aliphatic carbocycles. The average Bonchev–Trinajstić information content (AvgIpc) is 3.27. The van der Waals surface area contributed by atoms with E-state index in [1.807, 2.05) is 12.1 Å². The summed E-state index contributed by atoms with van der Waals surface area (Å²) in [5, 5.41) is 12.5. The van der Waals surface area contributed by atoms with Crippen molar-refractivity contribution in [1.82, 2.24) is 24.8 Å². The van der Waals surface area contributed by atoms with Crippen LogP contribution in [0.4, 0.5) is 13.2 Å². The van der Waals surface area contributed by atoms with Gasteiger partial charge in [-0.3, -0.25) is 0 Å². The van der Waals surface area contributed by atoms with Gasteiger partial charge in [-0.15, -0.1) is 10.2 Å². The lowest BCUT2D eigenvalue weighted by Crippen LogP contribution is -2.14. The molecule has 0 N–H and O–H groups in total. The molecule has 0 spiro atoms. The smallest absolute Gasteiger partial charge is 0.419 e. The Morgan fingerprint density at radius 2 is 1.86 bits per heavy atom. The number of rotatable bonds is 4. The van der Waals surface area contributed by atoms with E-state index < -0.39 is 11.9 Å². The Morgan fingerprint density at radius 3 is 2.55 bits per heavy atom. The summed E-state index contributed by atoms with van der Waals surface area (Å²) in [6.07, 6.45) is -2.49. The average molecular weight is 420 g/mol. The molecule has 0 unspecified atom stereocenters. The van der Waals surface area contributed by atoms with Crippen LogP contribution in [0.2, 0.25) is 5.02 Å². The molecule has 148 valence electrons. The van der Waals surface area contributed by atoms with Gasteiger partial charge in [0, 0.05) is 22.7 Å². The first-order valence-electron chi connectivity index (χ1n) is 8.92. The number of hydrogen-bond donors (Lipinski definition) is 0.